The van der Waals surface area contributed by atoms with Crippen molar-refractivity contribution >= 4 is 64.1 Å². The number of amides is 3. The summed E-state index contributed by atoms with van der Waals surface area (Å²) in [6.45, 7) is 3.85. The van der Waals surface area contributed by atoms with Crippen LogP contribution < -0.4 is 5.32 Å². The van der Waals surface area contributed by atoms with Crippen LogP contribution in [-0.4, -0.2) is 77.2 Å². The molecule has 7 nitrogen and oxygen atoms in total. The summed E-state index contributed by atoms with van der Waals surface area (Å²) in [5, 5.41) is 4.98. The number of hydrogen-bond donors (Lipinski definition) is 1. The number of rotatable bonds is 7. The molecule has 1 N–H and O–H groups in total. The van der Waals surface area contributed by atoms with Crippen LogP contribution in [0.2, 0.25) is 20.1 Å². The summed E-state index contributed by atoms with van der Waals surface area (Å²) in [5.74, 6) is -0.811. The van der Waals surface area contributed by atoms with E-state index in [1.54, 1.807) is 6.07 Å². The lowest BCUT2D eigenvalue weighted by molar-refractivity contribution is -0.133. The lowest BCUT2D eigenvalue weighted by Gasteiger charge is -2.30. The quantitative estimate of drug-likeness (QED) is 0.417. The zero-order chi connectivity index (χ0) is 27.7. The molecule has 39 heavy (non-hydrogen) atoms. The Bertz CT molecular complexity index is 1220. The number of fused-ring (bicyclic) bond motifs is 1. The minimum absolute atomic E-state index is 0.00784. The molecule has 208 valence electrons. The highest BCUT2D eigenvalue weighted by molar-refractivity contribution is 6.43. The number of nitrogens with zero attached hydrogens (tertiary/aromatic N) is 3. The number of carbonyl (C=O) groups is 3. The summed E-state index contributed by atoms with van der Waals surface area (Å²) in [4.78, 5) is 45.5. The molecular formula is C28H30Cl4N4O3. The van der Waals surface area contributed by atoms with Crippen molar-refractivity contribution in [2.24, 2.45) is 0 Å². The molecule has 2 atom stereocenters. The average molecular weight is 612 g/mol. The third kappa shape index (κ3) is 6.55. The predicted molar refractivity (Wildman–Crippen MR) is 154 cm³/mol. The van der Waals surface area contributed by atoms with Gasteiger partial charge in [0.25, 0.3) is 11.8 Å². The van der Waals surface area contributed by atoms with E-state index in [4.69, 9.17) is 46.4 Å². The molecule has 0 spiro atoms. The van der Waals surface area contributed by atoms with Crippen molar-refractivity contribution in [1.82, 2.24) is 20.0 Å². The van der Waals surface area contributed by atoms with E-state index in [0.29, 0.717) is 36.0 Å². The SMILES string of the molecule is O=C1[C@H](CCN2CCCCC2)N[C@H](CN2C(=O)c3cc(Cl)c(Cl)cc3C2=O)CCN1Cc1cc(Cl)cc(Cl)c1. The maximum absolute atomic E-state index is 13.8. The van der Waals surface area contributed by atoms with Crippen LogP contribution in [0.25, 0.3) is 0 Å². The fraction of sp³-hybridized carbons (Fsp3) is 0.464. The van der Waals surface area contributed by atoms with Crippen LogP contribution in [0.3, 0.4) is 0 Å². The summed E-state index contributed by atoms with van der Waals surface area (Å²) in [6, 6.07) is 7.47. The lowest BCUT2D eigenvalue weighted by Crippen LogP contribution is -2.50. The van der Waals surface area contributed by atoms with Crippen molar-refractivity contribution in [3.8, 4) is 0 Å². The maximum atomic E-state index is 13.8. The van der Waals surface area contributed by atoms with Crippen LogP contribution in [-0.2, 0) is 11.3 Å². The van der Waals surface area contributed by atoms with E-state index in [1.807, 2.05) is 17.0 Å². The zero-order valence-corrected chi connectivity index (χ0v) is 24.4. The lowest BCUT2D eigenvalue weighted by atomic mass is 10.1. The first-order chi connectivity index (χ1) is 18.7. The number of carbonyl (C=O) groups excluding carboxylic acids is 3. The number of likely N-dealkylation sites (tertiary alicyclic amines) is 1. The van der Waals surface area contributed by atoms with Gasteiger partial charge in [-0.05, 0) is 74.7 Å². The monoisotopic (exact) mass is 610 g/mol. The van der Waals surface area contributed by atoms with Crippen LogP contribution in [0.15, 0.2) is 30.3 Å². The van der Waals surface area contributed by atoms with Crippen LogP contribution >= 0.6 is 46.4 Å². The molecule has 0 aliphatic carbocycles. The second-order valence-corrected chi connectivity index (χ2v) is 12.2. The van der Waals surface area contributed by atoms with Gasteiger partial charge in [-0.1, -0.05) is 52.8 Å². The van der Waals surface area contributed by atoms with Crippen molar-refractivity contribution in [1.29, 1.82) is 0 Å². The van der Waals surface area contributed by atoms with Gasteiger partial charge in [0.1, 0.15) is 0 Å². The molecule has 0 aromatic heterocycles. The molecule has 3 aliphatic heterocycles. The minimum Gasteiger partial charge on any atom is -0.337 e. The van der Waals surface area contributed by atoms with Crippen LogP contribution in [0.4, 0.5) is 0 Å². The van der Waals surface area contributed by atoms with E-state index >= 15 is 0 Å². The summed E-state index contributed by atoms with van der Waals surface area (Å²) in [6.07, 6.45) is 4.78. The topological polar surface area (TPSA) is 73.0 Å². The van der Waals surface area contributed by atoms with Gasteiger partial charge in [-0.15, -0.1) is 0 Å². The van der Waals surface area contributed by atoms with E-state index in [9.17, 15) is 14.4 Å². The fourth-order valence-electron chi connectivity index (χ4n) is 5.68. The number of nitrogens with one attached hydrogen (secondary N) is 1. The van der Waals surface area contributed by atoms with Crippen molar-refractivity contribution in [2.75, 3.05) is 32.7 Å². The van der Waals surface area contributed by atoms with Crippen molar-refractivity contribution in [3.05, 3.63) is 67.1 Å². The van der Waals surface area contributed by atoms with Gasteiger partial charge >= 0.3 is 0 Å². The molecule has 0 saturated carbocycles. The third-order valence-corrected chi connectivity index (χ3v) is 8.85. The van der Waals surface area contributed by atoms with Gasteiger partial charge in [0.15, 0.2) is 0 Å². The van der Waals surface area contributed by atoms with Gasteiger partial charge in [0.05, 0.1) is 27.2 Å². The Kier molecular flexibility index (Phi) is 9.06. The van der Waals surface area contributed by atoms with E-state index in [1.165, 1.54) is 36.3 Å². The first-order valence-corrected chi connectivity index (χ1v) is 14.8. The summed E-state index contributed by atoms with van der Waals surface area (Å²) >= 11 is 24.7. The first kappa shape index (κ1) is 28.7. The van der Waals surface area contributed by atoms with Gasteiger partial charge in [0.2, 0.25) is 5.91 Å². The largest absolute Gasteiger partial charge is 0.337 e. The van der Waals surface area contributed by atoms with Crippen molar-refractivity contribution in [3.63, 3.8) is 0 Å². The third-order valence-electron chi connectivity index (χ3n) is 7.69. The molecule has 3 heterocycles. The van der Waals surface area contributed by atoms with Crippen LogP contribution in [0, 0.1) is 0 Å². The Morgan fingerprint density at radius 2 is 1.41 bits per heavy atom. The second-order valence-electron chi connectivity index (χ2n) is 10.5. The Balaban J connectivity index is 1.34. The van der Waals surface area contributed by atoms with Crippen molar-refractivity contribution in [2.45, 2.75) is 50.7 Å². The smallest absolute Gasteiger partial charge is 0.261 e. The van der Waals surface area contributed by atoms with E-state index in [2.05, 4.69) is 10.2 Å². The maximum Gasteiger partial charge on any atom is 0.261 e. The van der Waals surface area contributed by atoms with Crippen LogP contribution in [0.1, 0.15) is 58.4 Å². The number of benzene rings is 2. The molecule has 0 radical (unpaired) electrons. The average Bonchev–Trinajstić information content (AvgIpc) is 3.02. The predicted octanol–water partition coefficient (Wildman–Crippen LogP) is 5.53. The first-order valence-electron chi connectivity index (χ1n) is 13.3. The van der Waals surface area contributed by atoms with Crippen molar-refractivity contribution < 1.29 is 14.4 Å². The standard InChI is InChI=1S/C28H30Cl4N4O3/c29-18-10-17(11-19(30)12-18)15-35-9-4-20(33-25(28(35)39)5-8-34-6-2-1-3-7-34)16-36-26(37)21-13-23(31)24(32)14-22(21)27(36)38/h10-14,20,25,33H,1-9,15-16H2/t20-,25-/m0/s1. The molecule has 0 bridgehead atoms. The molecule has 2 saturated heterocycles. The molecule has 3 amide bonds. The molecular weight excluding hydrogens is 582 g/mol. The van der Waals surface area contributed by atoms with Gasteiger partial charge in [-0.3, -0.25) is 19.3 Å². The summed E-state index contributed by atoms with van der Waals surface area (Å²) in [7, 11) is 0. The minimum atomic E-state index is -0.451. The Labute approximate surface area is 248 Å². The van der Waals surface area contributed by atoms with Gasteiger partial charge < -0.3 is 15.1 Å². The van der Waals surface area contributed by atoms with Gasteiger partial charge in [-0.2, -0.15) is 0 Å². The summed E-state index contributed by atoms with van der Waals surface area (Å²) in [5.41, 5.74) is 1.35. The number of halogens is 4. The normalized spacial score (nSPS) is 22.4. The van der Waals surface area contributed by atoms with Crippen LogP contribution in [0.5, 0.6) is 0 Å². The number of hydrogen-bond acceptors (Lipinski definition) is 5. The van der Waals surface area contributed by atoms with Gasteiger partial charge in [-0.25, -0.2) is 0 Å². The highest BCUT2D eigenvalue weighted by atomic mass is 35.5. The van der Waals surface area contributed by atoms with E-state index < -0.39 is 17.9 Å². The number of piperidine rings is 1. The second kappa shape index (κ2) is 12.3. The van der Waals surface area contributed by atoms with E-state index in [0.717, 1.165) is 25.2 Å². The molecule has 2 aromatic rings. The number of imide groups is 1. The Hall–Kier alpha value is -1.87. The Morgan fingerprint density at radius 3 is 2.03 bits per heavy atom. The molecule has 2 aromatic carbocycles. The molecule has 3 aliphatic rings. The molecule has 0 unspecified atom stereocenters. The van der Waals surface area contributed by atoms with E-state index in [-0.39, 0.29) is 39.7 Å². The fourth-order valence-corrected chi connectivity index (χ4v) is 6.57. The Morgan fingerprint density at radius 1 is 0.795 bits per heavy atom. The molecule has 5 rings (SSSR count). The highest BCUT2D eigenvalue weighted by Gasteiger charge is 2.39. The molecule has 2 fully saturated rings. The highest BCUT2D eigenvalue weighted by Crippen LogP contribution is 2.32. The summed E-state index contributed by atoms with van der Waals surface area (Å²) < 4.78 is 0. The molecule has 11 heteroatoms. The zero-order valence-electron chi connectivity index (χ0n) is 21.4. The van der Waals surface area contributed by atoms with Gasteiger partial charge in [0, 0.05) is 42.3 Å².